The molecule has 0 aromatic heterocycles. The van der Waals surface area contributed by atoms with Crippen molar-refractivity contribution in [1.82, 2.24) is 0 Å². The standard InChI is InChI=1S/C29H26N2O4P.CH4/c1-2-34-28(32)30-31-29(33)35-22-23-18-20-27(21-19-23)36(24-12-6-3-7-13-24,25-14-8-4-9-15-25)26-16-10-5-11-17-26;/h3-21H,2,22H2,1H3;1H4/q+1;. The zero-order valence-corrected chi connectivity index (χ0v) is 20.8. The predicted octanol–water partition coefficient (Wildman–Crippen LogP) is 6.19. The molecule has 0 saturated heterocycles. The summed E-state index contributed by atoms with van der Waals surface area (Å²) in [6, 6.07) is 39.8. The Morgan fingerprint density at radius 3 is 1.38 bits per heavy atom. The second-order valence-corrected chi connectivity index (χ2v) is 11.2. The van der Waals surface area contributed by atoms with Gasteiger partial charge in [0.05, 0.1) is 6.61 Å². The van der Waals surface area contributed by atoms with E-state index in [0.29, 0.717) is 0 Å². The molecule has 0 aliphatic carbocycles. The van der Waals surface area contributed by atoms with E-state index in [1.807, 2.05) is 30.3 Å². The van der Waals surface area contributed by atoms with Crippen LogP contribution in [0.4, 0.5) is 9.59 Å². The minimum atomic E-state index is -2.18. The number of hydrogen-bond donors (Lipinski definition) is 0. The van der Waals surface area contributed by atoms with Gasteiger partial charge in [0.25, 0.3) is 0 Å². The van der Waals surface area contributed by atoms with Gasteiger partial charge in [0.15, 0.2) is 0 Å². The highest BCUT2D eigenvalue weighted by molar-refractivity contribution is 8.01. The molecule has 7 heteroatoms. The fourth-order valence-corrected chi connectivity index (χ4v) is 8.32. The fourth-order valence-electron chi connectivity index (χ4n) is 4.07. The first-order valence-electron chi connectivity index (χ1n) is 11.5. The first-order chi connectivity index (χ1) is 17.6. The number of carbonyl (C=O) groups excluding carboxylic acids is 2. The van der Waals surface area contributed by atoms with Crippen LogP contribution in [0.2, 0.25) is 0 Å². The molecule has 4 aromatic carbocycles. The average Bonchev–Trinajstić information content (AvgIpc) is 2.94. The molecule has 0 spiro atoms. The van der Waals surface area contributed by atoms with Crippen molar-refractivity contribution in [3.63, 3.8) is 0 Å². The summed E-state index contributed by atoms with van der Waals surface area (Å²) in [5.41, 5.74) is 0.797. The van der Waals surface area contributed by atoms with Crippen molar-refractivity contribution in [3.8, 4) is 0 Å². The molecule has 4 rings (SSSR count). The molecule has 0 N–H and O–H groups in total. The number of amides is 2. The third-order valence-corrected chi connectivity index (χ3v) is 9.89. The summed E-state index contributed by atoms with van der Waals surface area (Å²) in [5.74, 6) is 0. The SMILES string of the molecule is C.CCOC(=O)N=NC(=O)OCc1ccc([P+](c2ccccc2)(c2ccccc2)c2ccccc2)cc1. The molecule has 0 bridgehead atoms. The molecule has 37 heavy (non-hydrogen) atoms. The summed E-state index contributed by atoms with van der Waals surface area (Å²) >= 11 is 0. The molecule has 0 unspecified atom stereocenters. The minimum Gasteiger partial charge on any atom is -0.447 e. The van der Waals surface area contributed by atoms with Crippen LogP contribution in [0.1, 0.15) is 19.9 Å². The molecule has 0 radical (unpaired) electrons. The molecule has 0 atom stereocenters. The first kappa shape index (κ1) is 27.4. The third-order valence-electron chi connectivity index (χ3n) is 5.60. The van der Waals surface area contributed by atoms with E-state index in [9.17, 15) is 9.59 Å². The Labute approximate surface area is 218 Å². The third kappa shape index (κ3) is 6.35. The van der Waals surface area contributed by atoms with Gasteiger partial charge in [-0.3, -0.25) is 0 Å². The molecule has 2 amide bonds. The number of benzene rings is 4. The molecule has 0 aliphatic heterocycles. The number of nitrogens with zero attached hydrogens (tertiary/aromatic N) is 2. The lowest BCUT2D eigenvalue weighted by atomic mass is 10.2. The normalized spacial score (nSPS) is 10.9. The number of ether oxygens (including phenoxy) is 2. The van der Waals surface area contributed by atoms with E-state index in [-0.39, 0.29) is 20.6 Å². The van der Waals surface area contributed by atoms with Crippen LogP contribution < -0.4 is 21.2 Å². The maximum Gasteiger partial charge on any atom is 0.452 e. The van der Waals surface area contributed by atoms with Crippen LogP contribution in [0.5, 0.6) is 0 Å². The molecular formula is C30H30N2O4P+. The quantitative estimate of drug-likeness (QED) is 0.218. The molecule has 4 aromatic rings. The monoisotopic (exact) mass is 513 g/mol. The Morgan fingerprint density at radius 2 is 0.973 bits per heavy atom. The summed E-state index contributed by atoms with van der Waals surface area (Å²) < 4.78 is 9.74. The van der Waals surface area contributed by atoms with Crippen molar-refractivity contribution in [1.29, 1.82) is 0 Å². The van der Waals surface area contributed by atoms with E-state index in [1.54, 1.807) is 6.92 Å². The lowest BCUT2D eigenvalue weighted by molar-refractivity contribution is 0.144. The van der Waals surface area contributed by atoms with Crippen molar-refractivity contribution in [2.75, 3.05) is 6.61 Å². The van der Waals surface area contributed by atoms with Crippen molar-refractivity contribution >= 4 is 40.7 Å². The number of azo groups is 1. The van der Waals surface area contributed by atoms with E-state index in [1.165, 1.54) is 21.2 Å². The lowest BCUT2D eigenvalue weighted by Gasteiger charge is -2.27. The van der Waals surface area contributed by atoms with Crippen molar-refractivity contribution in [3.05, 3.63) is 121 Å². The largest absolute Gasteiger partial charge is 0.452 e. The van der Waals surface area contributed by atoms with Gasteiger partial charge in [0.1, 0.15) is 35.1 Å². The summed E-state index contributed by atoms with van der Waals surface area (Å²) in [6.07, 6.45) is -1.88. The minimum absolute atomic E-state index is 0. The van der Waals surface area contributed by atoms with Crippen LogP contribution in [0.25, 0.3) is 0 Å². The Balaban J connectivity index is 0.00000380. The maximum absolute atomic E-state index is 11.8. The number of rotatable bonds is 7. The Hall–Kier alpha value is -4.15. The van der Waals surface area contributed by atoms with Gasteiger partial charge in [-0.2, -0.15) is 0 Å². The van der Waals surface area contributed by atoms with Gasteiger partial charge in [-0.1, -0.05) is 84.4 Å². The van der Waals surface area contributed by atoms with Gasteiger partial charge in [0.2, 0.25) is 0 Å². The van der Waals surface area contributed by atoms with Gasteiger partial charge < -0.3 is 9.47 Å². The highest BCUT2D eigenvalue weighted by Crippen LogP contribution is 2.54. The highest BCUT2D eigenvalue weighted by atomic mass is 31.2. The van der Waals surface area contributed by atoms with Gasteiger partial charge in [-0.15, -0.1) is 0 Å². The van der Waals surface area contributed by atoms with Crippen LogP contribution in [-0.4, -0.2) is 18.8 Å². The molecule has 0 fully saturated rings. The van der Waals surface area contributed by atoms with Crippen molar-refractivity contribution in [2.24, 2.45) is 10.2 Å². The van der Waals surface area contributed by atoms with Gasteiger partial charge in [-0.25, -0.2) is 9.59 Å². The summed E-state index contributed by atoms with van der Waals surface area (Å²) in [4.78, 5) is 23.0. The van der Waals surface area contributed by atoms with E-state index < -0.39 is 19.4 Å². The lowest BCUT2D eigenvalue weighted by Crippen LogP contribution is -2.38. The maximum atomic E-state index is 11.8. The molecule has 0 heterocycles. The van der Waals surface area contributed by atoms with E-state index in [2.05, 4.69) is 99.9 Å². The highest BCUT2D eigenvalue weighted by Gasteiger charge is 2.47. The van der Waals surface area contributed by atoms with Crippen molar-refractivity contribution in [2.45, 2.75) is 21.0 Å². The van der Waals surface area contributed by atoms with Crippen LogP contribution >= 0.6 is 7.26 Å². The van der Waals surface area contributed by atoms with E-state index in [0.717, 1.165) is 5.56 Å². The van der Waals surface area contributed by atoms with Crippen LogP contribution in [-0.2, 0) is 16.1 Å². The second kappa shape index (κ2) is 13.2. The predicted molar refractivity (Wildman–Crippen MR) is 150 cm³/mol. The number of hydrogen-bond acceptors (Lipinski definition) is 4. The molecule has 0 saturated carbocycles. The summed E-state index contributed by atoms with van der Waals surface area (Å²) in [6.45, 7) is 1.80. The average molecular weight is 514 g/mol. The van der Waals surface area contributed by atoms with Crippen LogP contribution in [0.3, 0.4) is 0 Å². The van der Waals surface area contributed by atoms with Crippen molar-refractivity contribution < 1.29 is 19.1 Å². The van der Waals surface area contributed by atoms with Gasteiger partial charge in [-0.05, 0) is 61.0 Å². The summed E-state index contributed by atoms with van der Waals surface area (Å²) in [7, 11) is -2.18. The van der Waals surface area contributed by atoms with E-state index >= 15 is 0 Å². The zero-order chi connectivity index (χ0) is 25.2. The Bertz CT molecular complexity index is 1220. The van der Waals surface area contributed by atoms with Gasteiger partial charge in [0, 0.05) is 0 Å². The number of carbonyl (C=O) groups is 2. The first-order valence-corrected chi connectivity index (χ1v) is 13.3. The molecule has 0 aliphatic rings. The Kier molecular flexibility index (Phi) is 9.82. The second-order valence-electron chi connectivity index (χ2n) is 7.80. The zero-order valence-electron chi connectivity index (χ0n) is 19.9. The van der Waals surface area contributed by atoms with Gasteiger partial charge >= 0.3 is 12.2 Å². The molecular weight excluding hydrogens is 483 g/mol. The Morgan fingerprint density at radius 1 is 0.595 bits per heavy atom. The van der Waals surface area contributed by atoms with Crippen LogP contribution in [0, 0.1) is 0 Å². The fraction of sp³-hybridized carbons (Fsp3) is 0.133. The van der Waals surface area contributed by atoms with Crippen LogP contribution in [0.15, 0.2) is 125 Å². The molecule has 188 valence electrons. The summed E-state index contributed by atoms with van der Waals surface area (Å²) in [5, 5.41) is 11.3. The van der Waals surface area contributed by atoms with E-state index in [4.69, 9.17) is 4.74 Å². The smallest absolute Gasteiger partial charge is 0.447 e. The molecule has 6 nitrogen and oxygen atoms in total. The topological polar surface area (TPSA) is 77.3 Å².